The average molecular weight is 591 g/mol. The third-order valence-corrected chi connectivity index (χ3v) is 8.07. The van der Waals surface area contributed by atoms with E-state index < -0.39 is 41.6 Å². The van der Waals surface area contributed by atoms with Crippen molar-refractivity contribution in [3.05, 3.63) is 61.6 Å². The molecule has 0 radical (unpaired) electrons. The quantitative estimate of drug-likeness (QED) is 0.301. The highest BCUT2D eigenvalue weighted by molar-refractivity contribution is 9.12. The van der Waals surface area contributed by atoms with E-state index in [2.05, 4.69) is 36.6 Å². The summed E-state index contributed by atoms with van der Waals surface area (Å²) in [5.41, 5.74) is 1.58. The van der Waals surface area contributed by atoms with E-state index in [0.717, 1.165) is 7.11 Å². The molecular formula is C24H17Br2NO7. The van der Waals surface area contributed by atoms with Gasteiger partial charge in [-0.1, -0.05) is 27.6 Å². The molecular weight excluding hydrogens is 574 g/mol. The molecule has 3 aliphatic carbocycles. The molecule has 10 heteroatoms. The molecule has 0 aromatic heterocycles. The third kappa shape index (κ3) is 3.19. The summed E-state index contributed by atoms with van der Waals surface area (Å²) >= 11 is 6.55. The number of nitrogens with zero attached hydrogens (tertiary/aromatic N) is 1. The second-order valence-electron chi connectivity index (χ2n) is 8.58. The molecule has 4 unspecified atom stereocenters. The molecule has 174 valence electrons. The molecule has 8 nitrogen and oxygen atoms in total. The number of carbonyl (C=O) groups excluding carboxylic acids is 5. The van der Waals surface area contributed by atoms with Crippen molar-refractivity contribution >= 4 is 61.3 Å². The smallest absolute Gasteiger partial charge is 0.423 e. The second kappa shape index (κ2) is 8.13. The summed E-state index contributed by atoms with van der Waals surface area (Å²) in [6, 6.07) is 4.81. The maximum Gasteiger partial charge on any atom is 0.423 e. The van der Waals surface area contributed by atoms with Crippen LogP contribution in [0.25, 0.3) is 0 Å². The molecule has 1 aromatic rings. The van der Waals surface area contributed by atoms with E-state index in [1.54, 1.807) is 18.2 Å². The summed E-state index contributed by atoms with van der Waals surface area (Å²) in [4.78, 5) is 65.1. The van der Waals surface area contributed by atoms with E-state index in [9.17, 15) is 29.1 Å². The summed E-state index contributed by atoms with van der Waals surface area (Å²) in [5.74, 6) is -5.17. The van der Waals surface area contributed by atoms with Crippen LogP contribution < -0.4 is 0 Å². The number of methoxy groups -OCH3 is 1. The van der Waals surface area contributed by atoms with E-state index in [4.69, 9.17) is 0 Å². The summed E-state index contributed by atoms with van der Waals surface area (Å²) < 4.78 is 5.41. The van der Waals surface area contributed by atoms with Crippen molar-refractivity contribution in [1.29, 1.82) is 0 Å². The highest BCUT2D eigenvalue weighted by atomic mass is 79.9. The number of ether oxygens (including phenoxy) is 1. The van der Waals surface area contributed by atoms with Crippen molar-refractivity contribution in [2.75, 3.05) is 7.11 Å². The van der Waals surface area contributed by atoms with Crippen LogP contribution >= 0.6 is 31.9 Å². The number of rotatable bonds is 1. The Bertz CT molecular complexity index is 1310. The molecule has 1 aromatic carbocycles. The zero-order chi connectivity index (χ0) is 24.5. The van der Waals surface area contributed by atoms with Gasteiger partial charge in [0.25, 0.3) is 0 Å². The number of halogens is 2. The number of imide groups is 3. The van der Waals surface area contributed by atoms with Gasteiger partial charge in [-0.3, -0.25) is 19.2 Å². The number of ketones is 2. The van der Waals surface area contributed by atoms with Gasteiger partial charge in [-0.25, -0.2) is 4.79 Å². The first-order valence-corrected chi connectivity index (χ1v) is 12.1. The third-order valence-electron chi connectivity index (χ3n) is 6.99. The van der Waals surface area contributed by atoms with Gasteiger partial charge in [-0.15, -0.1) is 0 Å². The summed E-state index contributed by atoms with van der Waals surface area (Å²) in [6.07, 6.45) is 2.23. The summed E-state index contributed by atoms with van der Waals surface area (Å²) in [5, 5.41) is 10.7. The highest BCUT2D eigenvalue weighted by Crippen LogP contribution is 2.56. The lowest BCUT2D eigenvalue weighted by molar-refractivity contribution is -0.137. The predicted octanol–water partition coefficient (Wildman–Crippen LogP) is 3.68. The lowest BCUT2D eigenvalue weighted by atomic mass is 9.59. The van der Waals surface area contributed by atoms with Crippen molar-refractivity contribution < 1.29 is 33.8 Å². The minimum Gasteiger partial charge on any atom is -0.508 e. The van der Waals surface area contributed by atoms with Crippen LogP contribution in [0.2, 0.25) is 0 Å². The van der Waals surface area contributed by atoms with Crippen LogP contribution in [0.5, 0.6) is 5.75 Å². The normalized spacial score (nSPS) is 28.3. The largest absolute Gasteiger partial charge is 0.508 e. The van der Waals surface area contributed by atoms with E-state index in [0.29, 0.717) is 20.5 Å². The fraction of sp³-hybridized carbons (Fsp3) is 0.292. The lowest BCUT2D eigenvalue weighted by Gasteiger charge is -2.42. The molecule has 1 N–H and O–H groups in total. The Morgan fingerprint density at radius 2 is 1.85 bits per heavy atom. The molecule has 0 saturated carbocycles. The minimum atomic E-state index is -1.04. The number of carbonyl (C=O) groups is 5. The SMILES string of the molecule is COC(=O)N1C(=O)C2CC=C3C(c4cc(Br)ccc4O)C4=C(CC3C2C1=O)C(=O)C(Br)=CC4=O. The van der Waals surface area contributed by atoms with E-state index in [1.165, 1.54) is 12.1 Å². The van der Waals surface area contributed by atoms with Crippen LogP contribution in [-0.2, 0) is 23.9 Å². The average Bonchev–Trinajstić information content (AvgIpc) is 3.07. The maximum absolute atomic E-state index is 13.3. The maximum atomic E-state index is 13.3. The van der Waals surface area contributed by atoms with Gasteiger partial charge in [-0.05, 0) is 52.9 Å². The Morgan fingerprint density at radius 3 is 2.56 bits per heavy atom. The molecule has 0 spiro atoms. The number of hydrogen-bond donors (Lipinski definition) is 1. The predicted molar refractivity (Wildman–Crippen MR) is 125 cm³/mol. The number of aromatic hydroxyl groups is 1. The zero-order valence-corrected chi connectivity index (χ0v) is 20.9. The Morgan fingerprint density at radius 1 is 1.12 bits per heavy atom. The Labute approximate surface area is 210 Å². The number of phenolic OH excluding ortho intramolecular Hbond substituents is 1. The van der Waals surface area contributed by atoms with Gasteiger partial charge in [0, 0.05) is 33.2 Å². The van der Waals surface area contributed by atoms with Crippen molar-refractivity contribution in [2.24, 2.45) is 17.8 Å². The number of benzene rings is 1. The number of likely N-dealkylation sites (tertiary alicyclic amines) is 1. The Balaban J connectivity index is 1.70. The molecule has 4 aliphatic rings. The van der Waals surface area contributed by atoms with Crippen molar-refractivity contribution in [3.63, 3.8) is 0 Å². The zero-order valence-electron chi connectivity index (χ0n) is 17.7. The first-order chi connectivity index (χ1) is 16.1. The number of amides is 3. The Hall–Kier alpha value is -2.85. The van der Waals surface area contributed by atoms with Gasteiger partial charge < -0.3 is 9.84 Å². The van der Waals surface area contributed by atoms with E-state index in [-0.39, 0.29) is 45.8 Å². The van der Waals surface area contributed by atoms with Crippen molar-refractivity contribution in [3.8, 4) is 5.75 Å². The number of fused-ring (bicyclic) bond motifs is 3. The van der Waals surface area contributed by atoms with Gasteiger partial charge in [-0.2, -0.15) is 4.90 Å². The molecule has 4 atom stereocenters. The van der Waals surface area contributed by atoms with E-state index >= 15 is 0 Å². The number of hydrogen-bond acceptors (Lipinski definition) is 7. The van der Waals surface area contributed by atoms with Crippen LogP contribution in [0.1, 0.15) is 24.3 Å². The van der Waals surface area contributed by atoms with Gasteiger partial charge in [0.1, 0.15) is 5.75 Å². The van der Waals surface area contributed by atoms with Crippen LogP contribution in [-0.4, -0.2) is 46.6 Å². The van der Waals surface area contributed by atoms with Crippen LogP contribution in [0.3, 0.4) is 0 Å². The van der Waals surface area contributed by atoms with E-state index in [1.807, 2.05) is 0 Å². The van der Waals surface area contributed by atoms with Crippen molar-refractivity contribution in [1.82, 2.24) is 4.90 Å². The monoisotopic (exact) mass is 589 g/mol. The van der Waals surface area contributed by atoms with Crippen LogP contribution in [0, 0.1) is 17.8 Å². The van der Waals surface area contributed by atoms with Gasteiger partial charge in [0.05, 0.1) is 23.4 Å². The number of Topliss-reactive ketones (excluding diaryl/α,β-unsaturated/α-hetero) is 1. The molecule has 5 rings (SSSR count). The first-order valence-electron chi connectivity index (χ1n) is 10.5. The van der Waals surface area contributed by atoms with Crippen molar-refractivity contribution in [2.45, 2.75) is 18.8 Å². The molecule has 1 aliphatic heterocycles. The molecule has 1 heterocycles. The standard InChI is InChI=1S/C24H17Br2NO7/c1-34-24(33)27-22(31)11-4-3-10-12(19(11)23(27)32)7-14-20(17(29)8-15(26)21(14)30)18(10)13-6-9(25)2-5-16(13)28/h2-3,5-6,8,11-12,18-19,28H,4,7H2,1H3. The highest BCUT2D eigenvalue weighted by Gasteiger charge is 2.58. The molecule has 3 amide bonds. The fourth-order valence-corrected chi connectivity index (χ4v) is 6.42. The molecule has 1 saturated heterocycles. The van der Waals surface area contributed by atoms with Gasteiger partial charge in [0.2, 0.25) is 11.8 Å². The van der Waals surface area contributed by atoms with Gasteiger partial charge in [0.15, 0.2) is 11.6 Å². The topological polar surface area (TPSA) is 118 Å². The minimum absolute atomic E-state index is 0.0646. The lowest BCUT2D eigenvalue weighted by Crippen LogP contribution is -2.40. The number of allylic oxidation sites excluding steroid dienone is 6. The number of phenols is 1. The fourth-order valence-electron chi connectivity index (χ4n) is 5.59. The van der Waals surface area contributed by atoms with Gasteiger partial charge >= 0.3 is 6.09 Å². The molecule has 0 bridgehead atoms. The second-order valence-corrected chi connectivity index (χ2v) is 10.3. The van der Waals surface area contributed by atoms with Crippen LogP contribution in [0.15, 0.2) is 56.0 Å². The Kier molecular flexibility index (Phi) is 5.48. The molecule has 34 heavy (non-hydrogen) atoms. The summed E-state index contributed by atoms with van der Waals surface area (Å²) in [6.45, 7) is 0. The van der Waals surface area contributed by atoms with Crippen LogP contribution in [0.4, 0.5) is 4.79 Å². The molecule has 1 fully saturated rings. The first kappa shape index (κ1) is 22.9. The summed E-state index contributed by atoms with van der Waals surface area (Å²) in [7, 11) is 1.09.